The van der Waals surface area contributed by atoms with Crippen molar-refractivity contribution >= 4 is 17.6 Å². The summed E-state index contributed by atoms with van der Waals surface area (Å²) in [7, 11) is 0. The summed E-state index contributed by atoms with van der Waals surface area (Å²) < 4.78 is 24.5. The largest absolute Gasteiger partial charge is 0.457 e. The lowest BCUT2D eigenvalue weighted by atomic mass is 10.1. The van der Waals surface area contributed by atoms with Crippen molar-refractivity contribution in [1.29, 1.82) is 5.26 Å². The van der Waals surface area contributed by atoms with Crippen LogP contribution >= 0.6 is 11.6 Å². The van der Waals surface area contributed by atoms with Crippen molar-refractivity contribution in [3.63, 3.8) is 0 Å². The molecule has 26 heavy (non-hydrogen) atoms. The lowest BCUT2D eigenvalue weighted by Crippen LogP contribution is -2.08. The number of carbonyl (C=O) groups is 1. The van der Waals surface area contributed by atoms with E-state index in [-0.39, 0.29) is 34.2 Å². The van der Waals surface area contributed by atoms with E-state index < -0.39 is 11.8 Å². The Bertz CT molecular complexity index is 1000. The molecular weight excluding hydrogens is 359 g/mol. The molecule has 5 nitrogen and oxygen atoms in total. The van der Waals surface area contributed by atoms with Gasteiger partial charge in [0, 0.05) is 5.56 Å². The SMILES string of the molecule is Cc1onc(-c2c(F)cccc2Cl)c1C(=O)OCc1ccccc1C#N. The van der Waals surface area contributed by atoms with Crippen LogP contribution in [0.25, 0.3) is 11.3 Å². The van der Waals surface area contributed by atoms with Crippen LogP contribution in [0.3, 0.4) is 0 Å². The van der Waals surface area contributed by atoms with Crippen LogP contribution in [0.4, 0.5) is 4.39 Å². The molecule has 0 radical (unpaired) electrons. The van der Waals surface area contributed by atoms with Crippen LogP contribution in [0.15, 0.2) is 47.0 Å². The number of hydrogen-bond donors (Lipinski definition) is 0. The van der Waals surface area contributed by atoms with Gasteiger partial charge in [0.2, 0.25) is 0 Å². The molecule has 1 aromatic heterocycles. The van der Waals surface area contributed by atoms with E-state index in [1.807, 2.05) is 6.07 Å². The molecule has 0 bridgehead atoms. The van der Waals surface area contributed by atoms with Crippen molar-refractivity contribution in [3.8, 4) is 17.3 Å². The molecule has 0 aliphatic carbocycles. The predicted molar refractivity (Wildman–Crippen MR) is 91.9 cm³/mol. The maximum atomic E-state index is 14.2. The fourth-order valence-electron chi connectivity index (χ4n) is 2.48. The van der Waals surface area contributed by atoms with Crippen LogP contribution < -0.4 is 0 Å². The summed E-state index contributed by atoms with van der Waals surface area (Å²) in [5.74, 6) is -1.20. The minimum Gasteiger partial charge on any atom is -0.457 e. The number of rotatable bonds is 4. The van der Waals surface area contributed by atoms with Crippen LogP contribution in [-0.4, -0.2) is 11.1 Å². The Balaban J connectivity index is 1.92. The number of halogens is 2. The highest BCUT2D eigenvalue weighted by Crippen LogP contribution is 2.33. The molecule has 0 atom stereocenters. The summed E-state index contributed by atoms with van der Waals surface area (Å²) in [6.45, 7) is 1.41. The maximum absolute atomic E-state index is 14.2. The summed E-state index contributed by atoms with van der Waals surface area (Å²) in [5, 5.41) is 13.0. The second kappa shape index (κ2) is 7.38. The lowest BCUT2D eigenvalue weighted by Gasteiger charge is -2.08. The standard InChI is InChI=1S/C19H12ClFN2O3/c1-11-16(18(23-26-11)17-14(20)7-4-8-15(17)21)19(24)25-10-13-6-3-2-5-12(13)9-22/h2-8H,10H2,1H3. The number of aryl methyl sites for hydroxylation is 1. The number of carbonyl (C=O) groups excluding carboxylic acids is 1. The zero-order chi connectivity index (χ0) is 18.7. The van der Waals surface area contributed by atoms with Gasteiger partial charge in [-0.05, 0) is 25.1 Å². The van der Waals surface area contributed by atoms with E-state index in [0.717, 1.165) is 0 Å². The topological polar surface area (TPSA) is 76.1 Å². The molecule has 0 amide bonds. The van der Waals surface area contributed by atoms with Crippen molar-refractivity contribution < 1.29 is 18.4 Å². The van der Waals surface area contributed by atoms with Crippen molar-refractivity contribution in [2.75, 3.05) is 0 Å². The second-order valence-electron chi connectivity index (χ2n) is 5.40. The van der Waals surface area contributed by atoms with Crippen LogP contribution in [0, 0.1) is 24.1 Å². The van der Waals surface area contributed by atoms with Gasteiger partial charge in [-0.1, -0.05) is 41.0 Å². The summed E-state index contributed by atoms with van der Waals surface area (Å²) >= 11 is 6.05. The molecule has 0 fully saturated rings. The van der Waals surface area contributed by atoms with Gasteiger partial charge < -0.3 is 9.26 Å². The third-order valence-corrected chi connectivity index (χ3v) is 4.08. The van der Waals surface area contributed by atoms with Crippen LogP contribution in [0.2, 0.25) is 5.02 Å². The average molecular weight is 371 g/mol. The fraction of sp³-hybridized carbons (Fsp3) is 0.105. The molecule has 7 heteroatoms. The Labute approximate surface area is 153 Å². The van der Waals surface area contributed by atoms with Crippen molar-refractivity contribution in [2.45, 2.75) is 13.5 Å². The molecule has 130 valence electrons. The Kier molecular flexibility index (Phi) is 5.01. The van der Waals surface area contributed by atoms with Crippen molar-refractivity contribution in [2.24, 2.45) is 0 Å². The molecule has 0 spiro atoms. The number of hydrogen-bond acceptors (Lipinski definition) is 5. The Morgan fingerprint density at radius 1 is 1.31 bits per heavy atom. The highest BCUT2D eigenvalue weighted by molar-refractivity contribution is 6.33. The number of nitrogens with zero attached hydrogens (tertiary/aromatic N) is 2. The fourth-order valence-corrected chi connectivity index (χ4v) is 2.73. The molecule has 1 heterocycles. The Morgan fingerprint density at radius 2 is 2.08 bits per heavy atom. The first-order valence-corrected chi connectivity index (χ1v) is 7.96. The first-order valence-electron chi connectivity index (χ1n) is 7.58. The van der Waals surface area contributed by atoms with E-state index >= 15 is 0 Å². The predicted octanol–water partition coefficient (Wildman–Crippen LogP) is 4.67. The van der Waals surface area contributed by atoms with E-state index in [1.165, 1.54) is 25.1 Å². The third kappa shape index (κ3) is 3.30. The molecule has 0 N–H and O–H groups in total. The molecular formula is C19H12ClFN2O3. The lowest BCUT2D eigenvalue weighted by molar-refractivity contribution is 0.0471. The van der Waals surface area contributed by atoms with Gasteiger partial charge in [0.25, 0.3) is 0 Å². The van der Waals surface area contributed by atoms with Gasteiger partial charge in [-0.3, -0.25) is 0 Å². The minimum atomic E-state index is -0.745. The quantitative estimate of drug-likeness (QED) is 0.624. The summed E-state index contributed by atoms with van der Waals surface area (Å²) in [4.78, 5) is 12.5. The second-order valence-corrected chi connectivity index (χ2v) is 5.81. The van der Waals surface area contributed by atoms with Gasteiger partial charge in [-0.2, -0.15) is 5.26 Å². The molecule has 0 aliphatic rings. The van der Waals surface area contributed by atoms with E-state index in [1.54, 1.807) is 24.3 Å². The highest BCUT2D eigenvalue weighted by Gasteiger charge is 2.26. The smallest absolute Gasteiger partial charge is 0.344 e. The van der Waals surface area contributed by atoms with E-state index in [0.29, 0.717) is 11.1 Å². The Hall–Kier alpha value is -3.17. The first kappa shape index (κ1) is 17.6. The van der Waals surface area contributed by atoms with Crippen molar-refractivity contribution in [3.05, 3.63) is 75.8 Å². The zero-order valence-electron chi connectivity index (χ0n) is 13.6. The summed E-state index contributed by atoms with van der Waals surface area (Å²) in [5.41, 5.74) is 0.897. The molecule has 0 unspecified atom stereocenters. The van der Waals surface area contributed by atoms with E-state index in [2.05, 4.69) is 5.16 Å². The molecule has 2 aromatic carbocycles. The van der Waals surface area contributed by atoms with Gasteiger partial charge in [-0.15, -0.1) is 0 Å². The zero-order valence-corrected chi connectivity index (χ0v) is 14.4. The number of ether oxygens (including phenoxy) is 1. The molecule has 0 saturated carbocycles. The van der Waals surface area contributed by atoms with Crippen molar-refractivity contribution in [1.82, 2.24) is 5.16 Å². The third-order valence-electron chi connectivity index (χ3n) is 3.76. The molecule has 3 aromatic rings. The van der Waals surface area contributed by atoms with E-state index in [9.17, 15) is 9.18 Å². The van der Waals surface area contributed by atoms with Gasteiger partial charge in [-0.25, -0.2) is 9.18 Å². The number of nitriles is 1. The maximum Gasteiger partial charge on any atom is 0.344 e. The van der Waals surface area contributed by atoms with Crippen LogP contribution in [-0.2, 0) is 11.3 Å². The Morgan fingerprint density at radius 3 is 2.81 bits per heavy atom. The van der Waals surface area contributed by atoms with E-state index in [4.69, 9.17) is 26.1 Å². The van der Waals surface area contributed by atoms with Crippen LogP contribution in [0.5, 0.6) is 0 Å². The molecule has 0 saturated heterocycles. The minimum absolute atomic E-state index is 0.00793. The summed E-state index contributed by atoms with van der Waals surface area (Å²) in [6.07, 6.45) is 0. The number of benzene rings is 2. The molecule has 3 rings (SSSR count). The molecule has 0 aliphatic heterocycles. The van der Waals surface area contributed by atoms with Crippen LogP contribution in [0.1, 0.15) is 27.2 Å². The highest BCUT2D eigenvalue weighted by atomic mass is 35.5. The number of aromatic nitrogens is 1. The van der Waals surface area contributed by atoms with Gasteiger partial charge in [0.15, 0.2) is 0 Å². The van der Waals surface area contributed by atoms with Gasteiger partial charge in [0.05, 0.1) is 22.2 Å². The first-order chi connectivity index (χ1) is 12.5. The normalized spacial score (nSPS) is 10.4. The van der Waals surface area contributed by atoms with Gasteiger partial charge in [0.1, 0.15) is 29.4 Å². The van der Waals surface area contributed by atoms with Gasteiger partial charge >= 0.3 is 5.97 Å². The number of esters is 1. The average Bonchev–Trinajstić information content (AvgIpc) is 3.01. The summed E-state index contributed by atoms with van der Waals surface area (Å²) in [6, 6.07) is 12.9. The monoisotopic (exact) mass is 370 g/mol.